The molecule has 51 heavy (non-hydrogen) atoms. The van der Waals surface area contributed by atoms with Gasteiger partial charge in [0.2, 0.25) is 0 Å². The molecule has 0 fully saturated rings. The third-order valence-corrected chi connectivity index (χ3v) is 7.51. The molecule has 8 nitrogen and oxygen atoms in total. The molecular weight excluding hydrogens is 664 g/mol. The first kappa shape index (κ1) is 35.7. The van der Waals surface area contributed by atoms with Crippen molar-refractivity contribution in [1.29, 1.82) is 0 Å². The van der Waals surface area contributed by atoms with Crippen molar-refractivity contribution in [3.8, 4) is 22.5 Å². The number of carbonyl (C=O) groups is 2. The molecule has 0 saturated heterocycles. The molecule has 0 unspecified atom stereocenters. The fraction of sp³-hybridized carbons (Fsp3) is 0.0769. The van der Waals surface area contributed by atoms with Gasteiger partial charge in [0.25, 0.3) is 0 Å². The van der Waals surface area contributed by atoms with Gasteiger partial charge in [0, 0.05) is 17.2 Å². The van der Waals surface area contributed by atoms with E-state index >= 15 is 0 Å². The molecule has 6 rings (SSSR count). The zero-order valence-electron chi connectivity index (χ0n) is 27.2. The molecule has 12 heteroatoms. The van der Waals surface area contributed by atoms with Crippen molar-refractivity contribution in [3.05, 3.63) is 155 Å². The van der Waals surface area contributed by atoms with Crippen molar-refractivity contribution in [3.63, 3.8) is 0 Å². The molecule has 0 amide bonds. The summed E-state index contributed by atoms with van der Waals surface area (Å²) in [6, 6.07) is 28.5. The number of carboxylic acid groups (broad SMARTS) is 2. The SMILES string of the molecule is Cc1ccc(Nc2ccc(-c3cccc(C(F)(F)F)c3)nc2)c(C(=O)O)c1.Cc1ccc(Nc2cnc(-c3ccccc3)c(F)c2)c(C(=O)O)c1. The van der Waals surface area contributed by atoms with Crippen molar-refractivity contribution >= 4 is 34.7 Å². The summed E-state index contributed by atoms with van der Waals surface area (Å²) in [5, 5.41) is 24.5. The summed E-state index contributed by atoms with van der Waals surface area (Å²) in [4.78, 5) is 31.0. The third kappa shape index (κ3) is 9.12. The van der Waals surface area contributed by atoms with Crippen LogP contribution in [0, 0.1) is 19.7 Å². The van der Waals surface area contributed by atoms with Gasteiger partial charge in [-0.25, -0.2) is 14.0 Å². The van der Waals surface area contributed by atoms with Gasteiger partial charge in [0.1, 0.15) is 5.69 Å². The first-order valence-electron chi connectivity index (χ1n) is 15.3. The fourth-order valence-corrected chi connectivity index (χ4v) is 5.01. The quantitative estimate of drug-likeness (QED) is 0.116. The van der Waals surface area contributed by atoms with Crippen molar-refractivity contribution in [2.24, 2.45) is 0 Å². The first-order chi connectivity index (χ1) is 24.3. The maximum atomic E-state index is 14.3. The molecule has 0 atom stereocenters. The predicted octanol–water partition coefficient (Wildman–Crippen LogP) is 10.2. The van der Waals surface area contributed by atoms with Gasteiger partial charge in [-0.2, -0.15) is 13.2 Å². The largest absolute Gasteiger partial charge is 0.478 e. The second kappa shape index (κ2) is 15.3. The number of hydrogen-bond acceptors (Lipinski definition) is 6. The van der Waals surface area contributed by atoms with Crippen LogP contribution >= 0.6 is 0 Å². The van der Waals surface area contributed by atoms with E-state index in [1.165, 1.54) is 24.5 Å². The summed E-state index contributed by atoms with van der Waals surface area (Å²) in [5.74, 6) is -2.58. The van der Waals surface area contributed by atoms with Crippen molar-refractivity contribution in [2.75, 3.05) is 10.6 Å². The van der Waals surface area contributed by atoms with E-state index in [4.69, 9.17) is 0 Å². The smallest absolute Gasteiger partial charge is 0.416 e. The molecule has 0 saturated carbocycles. The minimum atomic E-state index is -4.42. The number of nitrogens with zero attached hydrogens (tertiary/aromatic N) is 2. The van der Waals surface area contributed by atoms with E-state index in [0.29, 0.717) is 39.6 Å². The van der Waals surface area contributed by atoms with Crippen LogP contribution in [0.2, 0.25) is 0 Å². The number of aryl methyl sites for hydroxylation is 2. The maximum absolute atomic E-state index is 14.3. The van der Waals surface area contributed by atoms with Crippen molar-refractivity contribution in [1.82, 2.24) is 9.97 Å². The minimum Gasteiger partial charge on any atom is -0.478 e. The zero-order valence-corrected chi connectivity index (χ0v) is 27.2. The van der Waals surface area contributed by atoms with E-state index in [1.54, 1.807) is 73.7 Å². The van der Waals surface area contributed by atoms with Crippen LogP contribution in [0.5, 0.6) is 0 Å². The lowest BCUT2D eigenvalue weighted by Crippen LogP contribution is -2.04. The van der Waals surface area contributed by atoms with Crippen LogP contribution in [-0.4, -0.2) is 32.1 Å². The monoisotopic (exact) mass is 694 g/mol. The van der Waals surface area contributed by atoms with Crippen LogP contribution in [0.4, 0.5) is 40.3 Å². The third-order valence-electron chi connectivity index (χ3n) is 7.51. The Bertz CT molecular complexity index is 2190. The Morgan fingerprint density at radius 1 is 0.627 bits per heavy atom. The molecule has 258 valence electrons. The van der Waals surface area contributed by atoms with E-state index in [0.717, 1.165) is 23.3 Å². The van der Waals surface area contributed by atoms with Gasteiger partial charge >= 0.3 is 18.1 Å². The topological polar surface area (TPSA) is 124 Å². The van der Waals surface area contributed by atoms with E-state index in [9.17, 15) is 37.4 Å². The number of nitrogens with one attached hydrogen (secondary N) is 2. The Balaban J connectivity index is 0.000000199. The summed E-state index contributed by atoms with van der Waals surface area (Å²) < 4.78 is 52.9. The molecule has 0 bridgehead atoms. The summed E-state index contributed by atoms with van der Waals surface area (Å²) >= 11 is 0. The van der Waals surface area contributed by atoms with E-state index in [2.05, 4.69) is 20.6 Å². The number of halogens is 4. The molecular formula is C39H30F4N4O4. The fourth-order valence-electron chi connectivity index (χ4n) is 5.01. The number of rotatable bonds is 8. The maximum Gasteiger partial charge on any atom is 0.416 e. The van der Waals surface area contributed by atoms with Gasteiger partial charge in [-0.1, -0.05) is 65.7 Å². The van der Waals surface area contributed by atoms with Gasteiger partial charge < -0.3 is 20.8 Å². The second-order valence-electron chi connectivity index (χ2n) is 11.4. The van der Waals surface area contributed by atoms with Crippen LogP contribution in [0.25, 0.3) is 22.5 Å². The van der Waals surface area contributed by atoms with Crippen LogP contribution < -0.4 is 10.6 Å². The Hall–Kier alpha value is -6.56. The first-order valence-corrected chi connectivity index (χ1v) is 15.3. The zero-order chi connectivity index (χ0) is 36.7. The summed E-state index contributed by atoms with van der Waals surface area (Å²) in [7, 11) is 0. The molecule has 2 heterocycles. The lowest BCUT2D eigenvalue weighted by Gasteiger charge is -2.11. The minimum absolute atomic E-state index is 0.122. The summed E-state index contributed by atoms with van der Waals surface area (Å²) in [5.41, 5.74) is 4.53. The average Bonchev–Trinajstić information content (AvgIpc) is 3.10. The number of pyridine rings is 2. The molecule has 0 aliphatic carbocycles. The lowest BCUT2D eigenvalue weighted by molar-refractivity contribution is -0.137. The van der Waals surface area contributed by atoms with Crippen molar-refractivity contribution in [2.45, 2.75) is 20.0 Å². The number of alkyl halides is 3. The Labute approximate surface area is 290 Å². The van der Waals surface area contributed by atoms with Gasteiger partial charge in [-0.05, 0) is 62.4 Å². The van der Waals surface area contributed by atoms with Gasteiger partial charge in [0.15, 0.2) is 5.82 Å². The molecule has 0 spiro atoms. The van der Waals surface area contributed by atoms with Crippen LogP contribution in [0.1, 0.15) is 37.4 Å². The molecule has 0 radical (unpaired) electrons. The van der Waals surface area contributed by atoms with Gasteiger partial charge in [-0.3, -0.25) is 9.97 Å². The van der Waals surface area contributed by atoms with Crippen LogP contribution in [0.3, 0.4) is 0 Å². The highest BCUT2D eigenvalue weighted by molar-refractivity contribution is 5.96. The van der Waals surface area contributed by atoms with Gasteiger partial charge in [0.05, 0.1) is 57.5 Å². The van der Waals surface area contributed by atoms with E-state index in [-0.39, 0.29) is 16.8 Å². The highest BCUT2D eigenvalue weighted by Crippen LogP contribution is 2.32. The molecule has 2 aromatic heterocycles. The average molecular weight is 695 g/mol. The number of aromatic nitrogens is 2. The molecule has 0 aliphatic rings. The molecule has 4 N–H and O–H groups in total. The predicted molar refractivity (Wildman–Crippen MR) is 187 cm³/mol. The normalized spacial score (nSPS) is 10.9. The van der Waals surface area contributed by atoms with Gasteiger partial charge in [-0.15, -0.1) is 0 Å². The number of hydrogen-bond donors (Lipinski definition) is 4. The molecule has 0 aliphatic heterocycles. The molecule has 4 aromatic carbocycles. The molecule has 6 aromatic rings. The van der Waals surface area contributed by atoms with E-state index < -0.39 is 29.5 Å². The number of benzene rings is 4. The Morgan fingerprint density at radius 3 is 1.73 bits per heavy atom. The Kier molecular flexibility index (Phi) is 10.7. The number of anilines is 4. The van der Waals surface area contributed by atoms with E-state index in [1.807, 2.05) is 25.1 Å². The second-order valence-corrected chi connectivity index (χ2v) is 11.4. The summed E-state index contributed by atoms with van der Waals surface area (Å²) in [6.45, 7) is 3.60. The standard InChI is InChI=1S/C20H15F3N2O2.C19H15FN2O2/c1-12-5-7-18(16(9-12)19(26)27)25-15-6-8-17(24-11-15)13-3-2-4-14(10-13)20(21,22)23;1-12-7-8-17(15(9-12)19(23)24)22-14-10-16(20)18(21-11-14)13-5-3-2-4-6-13/h2-11,25H,1H3,(H,26,27);2-11,22H,1H3,(H,23,24). The lowest BCUT2D eigenvalue weighted by atomic mass is 10.1. The van der Waals surface area contributed by atoms with Crippen LogP contribution in [-0.2, 0) is 6.18 Å². The highest BCUT2D eigenvalue weighted by atomic mass is 19.4. The highest BCUT2D eigenvalue weighted by Gasteiger charge is 2.30. The Morgan fingerprint density at radius 2 is 1.20 bits per heavy atom. The number of carboxylic acids is 2. The van der Waals surface area contributed by atoms with Crippen molar-refractivity contribution < 1.29 is 37.4 Å². The number of aromatic carboxylic acids is 2. The van der Waals surface area contributed by atoms with Crippen LogP contribution in [0.15, 0.2) is 122 Å². The summed E-state index contributed by atoms with van der Waals surface area (Å²) in [6.07, 6.45) is -1.49.